The van der Waals surface area contributed by atoms with Crippen molar-refractivity contribution in [2.24, 2.45) is 10.7 Å². The molecule has 21 heavy (non-hydrogen) atoms. The normalized spacial score (nSPS) is 14.0. The number of hydrogen-bond donors (Lipinski definition) is 3. The summed E-state index contributed by atoms with van der Waals surface area (Å²) in [5.74, 6) is 0.629. The predicted molar refractivity (Wildman–Crippen MR) is 85.5 cm³/mol. The number of anilines is 1. The smallest absolute Gasteiger partial charge is 0.193 e. The Kier molecular flexibility index (Phi) is 3.77. The minimum atomic E-state index is 0.243. The zero-order valence-electron chi connectivity index (χ0n) is 11.8. The molecule has 0 aromatic heterocycles. The number of aryl methyl sites for hydroxylation is 2. The van der Waals surface area contributed by atoms with Gasteiger partial charge < -0.3 is 16.2 Å². The summed E-state index contributed by atoms with van der Waals surface area (Å²) in [5, 5.41) is 12.5. The summed E-state index contributed by atoms with van der Waals surface area (Å²) in [6.45, 7) is 0.443. The Morgan fingerprint density at radius 1 is 1.14 bits per heavy atom. The summed E-state index contributed by atoms with van der Waals surface area (Å²) < 4.78 is 0. The number of nitrogens with one attached hydrogen (secondary N) is 1. The Balaban J connectivity index is 1.65. The molecular weight excluding hydrogens is 262 g/mol. The Labute approximate surface area is 124 Å². The van der Waals surface area contributed by atoms with Gasteiger partial charge in [0, 0.05) is 5.69 Å². The van der Waals surface area contributed by atoms with Crippen molar-refractivity contribution in [3.8, 4) is 5.75 Å². The van der Waals surface area contributed by atoms with Gasteiger partial charge in [-0.3, -0.25) is 0 Å². The van der Waals surface area contributed by atoms with Crippen molar-refractivity contribution >= 4 is 11.6 Å². The number of aliphatic imine (C=N–C) groups is 1. The largest absolute Gasteiger partial charge is 0.508 e. The molecule has 2 aromatic carbocycles. The fourth-order valence-corrected chi connectivity index (χ4v) is 2.67. The van der Waals surface area contributed by atoms with Crippen LogP contribution in [-0.2, 0) is 19.4 Å². The fraction of sp³-hybridized carbons (Fsp3) is 0.235. The minimum Gasteiger partial charge on any atom is -0.508 e. The number of nitrogens with zero attached hydrogens (tertiary/aromatic N) is 1. The van der Waals surface area contributed by atoms with E-state index in [9.17, 15) is 5.11 Å². The van der Waals surface area contributed by atoms with Gasteiger partial charge >= 0.3 is 0 Å². The van der Waals surface area contributed by atoms with Crippen molar-refractivity contribution in [3.63, 3.8) is 0 Å². The molecule has 0 spiro atoms. The van der Waals surface area contributed by atoms with Crippen LogP contribution in [0.15, 0.2) is 47.5 Å². The molecule has 0 heterocycles. The highest BCUT2D eigenvalue weighted by atomic mass is 16.3. The van der Waals surface area contributed by atoms with Gasteiger partial charge in [-0.2, -0.15) is 0 Å². The maximum absolute atomic E-state index is 9.41. The van der Waals surface area contributed by atoms with E-state index in [1.807, 2.05) is 12.1 Å². The van der Waals surface area contributed by atoms with E-state index in [2.05, 4.69) is 22.4 Å². The number of rotatable bonds is 3. The average Bonchev–Trinajstić information content (AvgIpc) is 2.93. The van der Waals surface area contributed by atoms with Crippen molar-refractivity contribution in [1.82, 2.24) is 0 Å². The zero-order chi connectivity index (χ0) is 14.7. The summed E-state index contributed by atoms with van der Waals surface area (Å²) in [5.41, 5.74) is 10.7. The van der Waals surface area contributed by atoms with Gasteiger partial charge in [0.1, 0.15) is 5.75 Å². The highest BCUT2D eigenvalue weighted by Crippen LogP contribution is 2.24. The van der Waals surface area contributed by atoms with Crippen molar-refractivity contribution in [2.75, 3.05) is 5.32 Å². The molecule has 0 saturated carbocycles. The quantitative estimate of drug-likeness (QED) is 0.598. The highest BCUT2D eigenvalue weighted by Gasteiger charge is 2.10. The van der Waals surface area contributed by atoms with Gasteiger partial charge in [-0.1, -0.05) is 18.2 Å². The second-order valence-corrected chi connectivity index (χ2v) is 5.33. The van der Waals surface area contributed by atoms with Crippen molar-refractivity contribution < 1.29 is 5.11 Å². The number of fused-ring (bicyclic) bond motifs is 1. The predicted octanol–water partition coefficient (Wildman–Crippen LogP) is 2.81. The van der Waals surface area contributed by atoms with Gasteiger partial charge in [-0.25, -0.2) is 4.99 Å². The summed E-state index contributed by atoms with van der Waals surface area (Å²) in [7, 11) is 0. The monoisotopic (exact) mass is 281 g/mol. The van der Waals surface area contributed by atoms with Gasteiger partial charge in [-0.15, -0.1) is 0 Å². The first-order valence-corrected chi connectivity index (χ1v) is 7.17. The lowest BCUT2D eigenvalue weighted by Crippen LogP contribution is -2.22. The summed E-state index contributed by atoms with van der Waals surface area (Å²) in [6, 6.07) is 13.4. The Bertz CT molecular complexity index is 679. The summed E-state index contributed by atoms with van der Waals surface area (Å²) in [4.78, 5) is 4.30. The topological polar surface area (TPSA) is 70.6 Å². The van der Waals surface area contributed by atoms with E-state index in [-0.39, 0.29) is 5.75 Å². The number of phenolic OH excluding ortho intramolecular Hbond substituents is 1. The second kappa shape index (κ2) is 5.87. The van der Waals surface area contributed by atoms with E-state index in [0.717, 1.165) is 17.7 Å². The first-order chi connectivity index (χ1) is 10.2. The lowest BCUT2D eigenvalue weighted by Gasteiger charge is -2.08. The molecule has 2 aromatic rings. The SMILES string of the molecule is NC(=NCc1cccc(O)c1)Nc1ccc2c(c1)CCC2. The number of benzene rings is 2. The number of hydrogen-bond acceptors (Lipinski definition) is 2. The maximum atomic E-state index is 9.41. The van der Waals surface area contributed by atoms with Gasteiger partial charge in [-0.05, 0) is 60.2 Å². The van der Waals surface area contributed by atoms with Gasteiger partial charge in [0.25, 0.3) is 0 Å². The molecule has 0 amide bonds. The van der Waals surface area contributed by atoms with Gasteiger partial charge in [0.15, 0.2) is 5.96 Å². The Morgan fingerprint density at radius 2 is 2.00 bits per heavy atom. The van der Waals surface area contributed by atoms with Crippen LogP contribution in [0.25, 0.3) is 0 Å². The molecule has 0 bridgehead atoms. The lowest BCUT2D eigenvalue weighted by molar-refractivity contribution is 0.474. The van der Waals surface area contributed by atoms with E-state index >= 15 is 0 Å². The molecule has 4 N–H and O–H groups in total. The van der Waals surface area contributed by atoms with E-state index < -0.39 is 0 Å². The average molecular weight is 281 g/mol. The highest BCUT2D eigenvalue weighted by molar-refractivity contribution is 5.92. The third-order valence-corrected chi connectivity index (χ3v) is 3.71. The summed E-state index contributed by atoms with van der Waals surface area (Å²) >= 11 is 0. The van der Waals surface area contributed by atoms with Gasteiger partial charge in [0.05, 0.1) is 6.54 Å². The number of phenols is 1. The van der Waals surface area contributed by atoms with Gasteiger partial charge in [0.2, 0.25) is 0 Å². The molecular formula is C17H19N3O. The van der Waals surface area contributed by atoms with Crippen LogP contribution in [0.1, 0.15) is 23.1 Å². The molecule has 1 aliphatic rings. The fourth-order valence-electron chi connectivity index (χ4n) is 2.67. The van der Waals surface area contributed by atoms with E-state index in [4.69, 9.17) is 5.73 Å². The van der Waals surface area contributed by atoms with E-state index in [1.54, 1.807) is 18.2 Å². The molecule has 108 valence electrons. The van der Waals surface area contributed by atoms with Crippen LogP contribution in [0.5, 0.6) is 5.75 Å². The standard InChI is InChI=1S/C17H19N3O/c18-17(19-11-12-3-1-6-16(21)9-12)20-15-8-7-13-4-2-5-14(13)10-15/h1,3,6-10,21H,2,4-5,11H2,(H3,18,19,20). The minimum absolute atomic E-state index is 0.243. The molecule has 0 unspecified atom stereocenters. The van der Waals surface area contributed by atoms with Crippen LogP contribution >= 0.6 is 0 Å². The van der Waals surface area contributed by atoms with E-state index in [0.29, 0.717) is 12.5 Å². The van der Waals surface area contributed by atoms with Crippen molar-refractivity contribution in [3.05, 3.63) is 59.2 Å². The third kappa shape index (κ3) is 3.34. The molecule has 0 saturated heterocycles. The molecule has 4 nitrogen and oxygen atoms in total. The molecule has 0 atom stereocenters. The second-order valence-electron chi connectivity index (χ2n) is 5.33. The summed E-state index contributed by atoms with van der Waals surface area (Å²) in [6.07, 6.45) is 3.56. The Morgan fingerprint density at radius 3 is 2.86 bits per heavy atom. The number of aromatic hydroxyl groups is 1. The van der Waals surface area contributed by atoms with Crippen LogP contribution in [0.2, 0.25) is 0 Å². The molecule has 3 rings (SSSR count). The van der Waals surface area contributed by atoms with Crippen molar-refractivity contribution in [1.29, 1.82) is 0 Å². The van der Waals surface area contributed by atoms with E-state index in [1.165, 1.54) is 24.0 Å². The molecule has 4 heteroatoms. The number of guanidine groups is 1. The Hall–Kier alpha value is -2.49. The lowest BCUT2D eigenvalue weighted by atomic mass is 10.1. The molecule has 0 fully saturated rings. The van der Waals surface area contributed by atoms with Crippen LogP contribution in [-0.4, -0.2) is 11.1 Å². The maximum Gasteiger partial charge on any atom is 0.193 e. The number of nitrogens with two attached hydrogens (primary N) is 1. The van der Waals surface area contributed by atoms with Crippen LogP contribution in [0.3, 0.4) is 0 Å². The van der Waals surface area contributed by atoms with Crippen LogP contribution in [0, 0.1) is 0 Å². The zero-order valence-corrected chi connectivity index (χ0v) is 11.8. The molecule has 0 radical (unpaired) electrons. The van der Waals surface area contributed by atoms with Crippen LogP contribution in [0.4, 0.5) is 5.69 Å². The first kappa shape index (κ1) is 13.5. The van der Waals surface area contributed by atoms with Crippen molar-refractivity contribution in [2.45, 2.75) is 25.8 Å². The molecule has 1 aliphatic carbocycles. The first-order valence-electron chi connectivity index (χ1n) is 7.17. The van der Waals surface area contributed by atoms with Crippen LogP contribution < -0.4 is 11.1 Å². The third-order valence-electron chi connectivity index (χ3n) is 3.71. The molecule has 0 aliphatic heterocycles.